The van der Waals surface area contributed by atoms with Crippen LogP contribution in [-0.4, -0.2) is 57.5 Å². The molecule has 2 amide bonds. The third-order valence-electron chi connectivity index (χ3n) is 6.76. The van der Waals surface area contributed by atoms with Gasteiger partial charge in [-0.1, -0.05) is 30.6 Å². The van der Waals surface area contributed by atoms with Crippen LogP contribution in [0.5, 0.6) is 0 Å². The van der Waals surface area contributed by atoms with Gasteiger partial charge in [-0.05, 0) is 57.3 Å². The molecule has 0 aromatic carbocycles. The predicted molar refractivity (Wildman–Crippen MR) is 128 cm³/mol. The van der Waals surface area contributed by atoms with Crippen LogP contribution >= 0.6 is 23.1 Å². The van der Waals surface area contributed by atoms with Crippen LogP contribution in [0.1, 0.15) is 77.0 Å². The predicted octanol–water partition coefficient (Wildman–Crippen LogP) is 5.61. The number of rotatable bonds is 10. The van der Waals surface area contributed by atoms with Gasteiger partial charge >= 0.3 is 12.0 Å². The number of ether oxygens (including phenoxy) is 1. The minimum atomic E-state index is -0.800. The molecular weight excluding hydrogens is 446 g/mol. The summed E-state index contributed by atoms with van der Waals surface area (Å²) in [4.78, 5) is 30.6. The average Bonchev–Trinajstić information content (AvgIpc) is 3.52. The van der Waals surface area contributed by atoms with Crippen LogP contribution in [-0.2, 0) is 9.53 Å². The lowest BCUT2D eigenvalue weighted by Gasteiger charge is -2.42. The van der Waals surface area contributed by atoms with Crippen molar-refractivity contribution < 1.29 is 19.4 Å². The van der Waals surface area contributed by atoms with E-state index in [1.807, 2.05) is 0 Å². The van der Waals surface area contributed by atoms with E-state index in [9.17, 15) is 9.59 Å². The zero-order valence-electron chi connectivity index (χ0n) is 18.7. The smallest absolute Gasteiger partial charge is 0.324 e. The van der Waals surface area contributed by atoms with Crippen molar-refractivity contribution in [2.24, 2.45) is 5.92 Å². The summed E-state index contributed by atoms with van der Waals surface area (Å²) in [5.41, 5.74) is 0. The molecule has 3 aliphatic carbocycles. The van der Waals surface area contributed by atoms with Crippen LogP contribution in [0.15, 0.2) is 10.4 Å². The summed E-state index contributed by atoms with van der Waals surface area (Å²) in [5.74, 6) is 0.500. The molecule has 32 heavy (non-hydrogen) atoms. The Morgan fingerprint density at radius 2 is 1.81 bits per heavy atom. The quantitative estimate of drug-likeness (QED) is 0.422. The van der Waals surface area contributed by atoms with Gasteiger partial charge in [0.25, 0.3) is 0 Å². The van der Waals surface area contributed by atoms with Crippen LogP contribution in [0, 0.1) is 5.92 Å². The third-order valence-corrected chi connectivity index (χ3v) is 8.87. The van der Waals surface area contributed by atoms with Gasteiger partial charge in [0.15, 0.2) is 5.13 Å². The first-order chi connectivity index (χ1) is 15.6. The normalized spacial score (nSPS) is 24.2. The zero-order valence-corrected chi connectivity index (χ0v) is 20.3. The second-order valence-electron chi connectivity index (χ2n) is 9.31. The van der Waals surface area contributed by atoms with Crippen molar-refractivity contribution in [1.82, 2.24) is 9.88 Å². The van der Waals surface area contributed by atoms with Crippen LogP contribution in [0.25, 0.3) is 0 Å². The fraction of sp³-hybridized carbons (Fsp3) is 0.783. The van der Waals surface area contributed by atoms with Crippen LogP contribution in [0.2, 0.25) is 0 Å². The first-order valence-corrected chi connectivity index (χ1v) is 13.9. The highest BCUT2D eigenvalue weighted by Gasteiger charge is 2.35. The summed E-state index contributed by atoms with van der Waals surface area (Å²) in [6.45, 7) is 0.916. The number of hydrogen-bond donors (Lipinski definition) is 2. The maximum Gasteiger partial charge on any atom is 0.324 e. The van der Waals surface area contributed by atoms with Crippen molar-refractivity contribution in [2.45, 2.75) is 99.4 Å². The maximum absolute atomic E-state index is 13.4. The lowest BCUT2D eigenvalue weighted by molar-refractivity contribution is -0.136. The first kappa shape index (κ1) is 23.8. The molecule has 2 N–H and O–H groups in total. The number of nitrogens with zero attached hydrogens (tertiary/aromatic N) is 2. The van der Waals surface area contributed by atoms with Gasteiger partial charge in [-0.15, -0.1) is 11.8 Å². The number of thioether (sulfide) groups is 1. The van der Waals surface area contributed by atoms with Crippen molar-refractivity contribution in [3.63, 3.8) is 0 Å². The van der Waals surface area contributed by atoms with Gasteiger partial charge in [-0.3, -0.25) is 10.1 Å². The molecule has 0 saturated heterocycles. The molecule has 0 bridgehead atoms. The summed E-state index contributed by atoms with van der Waals surface area (Å²) < 4.78 is 7.05. The Kier molecular flexibility index (Phi) is 8.71. The number of carbonyl (C=O) groups excluding carboxylic acids is 1. The van der Waals surface area contributed by atoms with Crippen molar-refractivity contribution in [3.8, 4) is 0 Å². The van der Waals surface area contributed by atoms with Crippen LogP contribution in [0.4, 0.5) is 9.93 Å². The number of carbonyl (C=O) groups is 2. The topological polar surface area (TPSA) is 91.8 Å². The largest absolute Gasteiger partial charge is 0.481 e. The number of carboxylic acid groups (broad SMARTS) is 1. The van der Waals surface area contributed by atoms with E-state index in [1.54, 1.807) is 6.20 Å². The number of hydrogen-bond acceptors (Lipinski definition) is 6. The Hall–Kier alpha value is -1.32. The van der Waals surface area contributed by atoms with E-state index >= 15 is 0 Å². The van der Waals surface area contributed by atoms with E-state index in [0.717, 1.165) is 55.3 Å². The monoisotopic (exact) mass is 481 g/mol. The summed E-state index contributed by atoms with van der Waals surface area (Å²) in [5, 5.41) is 12.4. The average molecular weight is 482 g/mol. The molecule has 178 valence electrons. The Morgan fingerprint density at radius 3 is 2.50 bits per heavy atom. The maximum atomic E-state index is 13.4. The van der Waals surface area contributed by atoms with Crippen molar-refractivity contribution in [3.05, 3.63) is 6.20 Å². The van der Waals surface area contributed by atoms with E-state index in [2.05, 4.69) is 15.2 Å². The first-order valence-electron chi connectivity index (χ1n) is 12.1. The van der Waals surface area contributed by atoms with E-state index < -0.39 is 5.97 Å². The SMILES string of the molecule is O=C(O)CCSc1cnc(NC(=O)N(C2CCCCC2)C2CCC(OCC3CC3)CC2)s1. The van der Waals surface area contributed by atoms with Crippen molar-refractivity contribution in [1.29, 1.82) is 0 Å². The Bertz CT molecular complexity index is 756. The fourth-order valence-corrected chi connectivity index (χ4v) is 6.68. The molecule has 0 unspecified atom stereocenters. The number of nitrogens with one attached hydrogen (secondary N) is 1. The number of anilines is 1. The van der Waals surface area contributed by atoms with E-state index in [-0.39, 0.29) is 18.5 Å². The van der Waals surface area contributed by atoms with E-state index in [4.69, 9.17) is 9.84 Å². The van der Waals surface area contributed by atoms with Gasteiger partial charge in [0.05, 0.1) is 22.9 Å². The van der Waals surface area contributed by atoms with E-state index in [1.165, 1.54) is 55.2 Å². The molecule has 0 aliphatic heterocycles. The lowest BCUT2D eigenvalue weighted by Crippen LogP contribution is -2.51. The fourth-order valence-electron chi connectivity index (χ4n) is 4.81. The molecule has 1 heterocycles. The van der Waals surface area contributed by atoms with Gasteiger partial charge in [-0.2, -0.15) is 0 Å². The number of thiazole rings is 1. The molecule has 0 spiro atoms. The number of urea groups is 1. The Balaban J connectivity index is 1.33. The molecule has 9 heteroatoms. The van der Waals surface area contributed by atoms with Crippen LogP contribution < -0.4 is 5.32 Å². The number of amides is 2. The number of carboxylic acids is 1. The van der Waals surface area contributed by atoms with Gasteiger partial charge in [0, 0.05) is 24.4 Å². The molecule has 1 aromatic rings. The molecule has 3 fully saturated rings. The van der Waals surface area contributed by atoms with Gasteiger partial charge in [-0.25, -0.2) is 9.78 Å². The molecule has 3 saturated carbocycles. The summed E-state index contributed by atoms with van der Waals surface area (Å²) in [7, 11) is 0. The van der Waals surface area contributed by atoms with Gasteiger partial charge in [0.2, 0.25) is 0 Å². The third kappa shape index (κ3) is 7.09. The highest BCUT2D eigenvalue weighted by molar-refractivity contribution is 8.01. The van der Waals surface area contributed by atoms with Gasteiger partial charge in [0.1, 0.15) is 0 Å². The second kappa shape index (κ2) is 11.7. The Morgan fingerprint density at radius 1 is 1.09 bits per heavy atom. The van der Waals surface area contributed by atoms with Crippen molar-refractivity contribution in [2.75, 3.05) is 17.7 Å². The number of aliphatic carboxylic acids is 1. The summed E-state index contributed by atoms with van der Waals surface area (Å²) in [6.07, 6.45) is 14.7. The molecule has 3 aliphatic rings. The minimum Gasteiger partial charge on any atom is -0.481 e. The van der Waals surface area contributed by atoms with Crippen molar-refractivity contribution >= 4 is 40.2 Å². The van der Waals surface area contributed by atoms with Gasteiger partial charge < -0.3 is 14.7 Å². The molecule has 7 nitrogen and oxygen atoms in total. The molecule has 1 aromatic heterocycles. The zero-order chi connectivity index (χ0) is 22.3. The second-order valence-corrected chi connectivity index (χ2v) is 11.7. The number of aromatic nitrogens is 1. The highest BCUT2D eigenvalue weighted by atomic mass is 32.2. The molecular formula is C23H35N3O4S2. The minimum absolute atomic E-state index is 0.0318. The molecule has 0 atom stereocenters. The highest BCUT2D eigenvalue weighted by Crippen LogP contribution is 2.35. The van der Waals surface area contributed by atoms with Crippen LogP contribution in [0.3, 0.4) is 0 Å². The summed E-state index contributed by atoms with van der Waals surface area (Å²) >= 11 is 2.89. The molecule has 4 rings (SSSR count). The van der Waals surface area contributed by atoms with E-state index in [0.29, 0.717) is 23.0 Å². The Labute approximate surface area is 198 Å². The standard InChI is InChI=1S/C23H35N3O4S2/c27-20(28)12-13-31-21-14-24-22(32-21)25-23(29)26(17-4-2-1-3-5-17)18-8-10-19(11-9-18)30-15-16-6-7-16/h14,16-19H,1-13,15H2,(H,27,28)(H,24,25,29). The summed E-state index contributed by atoms with van der Waals surface area (Å²) in [6, 6.07) is 0.543. The lowest BCUT2D eigenvalue weighted by atomic mass is 9.88. The molecule has 0 radical (unpaired) electrons.